The normalized spacial score (nSPS) is 33.2. The van der Waals surface area contributed by atoms with Crippen LogP contribution in [0.15, 0.2) is 30.3 Å². The molecule has 3 N–H and O–H groups in total. The third-order valence-electron chi connectivity index (χ3n) is 7.83. The Morgan fingerprint density at radius 1 is 1.16 bits per heavy atom. The molecule has 0 heterocycles. The maximum absolute atomic E-state index is 12.6. The first-order valence-electron chi connectivity index (χ1n) is 12.1. The average Bonchev–Trinajstić information content (AvgIpc) is 2.74. The third-order valence-corrected chi connectivity index (χ3v) is 7.83. The van der Waals surface area contributed by atoms with Crippen LogP contribution in [0.5, 0.6) is 5.75 Å². The van der Waals surface area contributed by atoms with Gasteiger partial charge in [0.1, 0.15) is 5.75 Å². The first-order chi connectivity index (χ1) is 15.1. The Kier molecular flexibility index (Phi) is 7.86. The zero-order valence-electron chi connectivity index (χ0n) is 20.1. The fourth-order valence-corrected chi connectivity index (χ4v) is 6.02. The number of hydrogen-bond donors (Lipinski definition) is 3. The molecule has 7 unspecified atom stereocenters. The van der Waals surface area contributed by atoms with Crippen molar-refractivity contribution in [3.8, 4) is 5.75 Å². The number of aliphatic hydroxyl groups excluding tert-OH is 1. The number of benzene rings is 1. The van der Waals surface area contributed by atoms with Crippen LogP contribution in [0.3, 0.4) is 0 Å². The highest BCUT2D eigenvalue weighted by Crippen LogP contribution is 2.55. The van der Waals surface area contributed by atoms with Crippen molar-refractivity contribution >= 4 is 11.8 Å². The second-order valence-corrected chi connectivity index (χ2v) is 10.5. The van der Waals surface area contributed by atoms with Crippen LogP contribution < -0.4 is 15.4 Å². The van der Waals surface area contributed by atoms with Crippen LogP contribution in [0.1, 0.15) is 60.3 Å². The molecular weight excluding hydrogens is 404 g/mol. The summed E-state index contributed by atoms with van der Waals surface area (Å²) in [6, 6.07) is 9.40. The molecule has 6 heteroatoms. The number of ether oxygens (including phenoxy) is 1. The smallest absolute Gasteiger partial charge is 0.258 e. The highest BCUT2D eigenvalue weighted by Gasteiger charge is 2.53. The molecule has 0 radical (unpaired) electrons. The van der Waals surface area contributed by atoms with E-state index in [-0.39, 0.29) is 59.6 Å². The molecule has 2 fully saturated rings. The second kappa shape index (κ2) is 10.2. The largest absolute Gasteiger partial charge is 0.484 e. The van der Waals surface area contributed by atoms with E-state index < -0.39 is 6.10 Å². The number of carbonyl (C=O) groups excluding carboxylic acids is 2. The predicted octanol–water partition coefficient (Wildman–Crippen LogP) is 3.53. The standard InChI is InChI=1S/C26H40N2O4/c1-16(2)27-25(31)17(3)20-11-13-26(5)14-12-21(18(4)23(26)24(20)30)28-22(29)15-32-19-9-7-6-8-10-19/h6-10,16-18,20-21,23-24,30H,11-15H2,1-5H3,(H,27,31)(H,28,29). The highest BCUT2D eigenvalue weighted by atomic mass is 16.5. The van der Waals surface area contributed by atoms with Crippen LogP contribution in [-0.4, -0.2) is 41.7 Å². The molecule has 1 aromatic carbocycles. The van der Waals surface area contributed by atoms with E-state index in [9.17, 15) is 14.7 Å². The van der Waals surface area contributed by atoms with E-state index >= 15 is 0 Å². The van der Waals surface area contributed by atoms with Crippen molar-refractivity contribution in [2.45, 2.75) is 78.5 Å². The summed E-state index contributed by atoms with van der Waals surface area (Å²) < 4.78 is 5.59. The van der Waals surface area contributed by atoms with E-state index in [0.717, 1.165) is 25.7 Å². The van der Waals surface area contributed by atoms with Crippen molar-refractivity contribution in [1.82, 2.24) is 10.6 Å². The predicted molar refractivity (Wildman–Crippen MR) is 125 cm³/mol. The van der Waals surface area contributed by atoms with Gasteiger partial charge in [0.2, 0.25) is 5.91 Å². The van der Waals surface area contributed by atoms with Crippen LogP contribution in [0.25, 0.3) is 0 Å². The first kappa shape index (κ1) is 24.6. The maximum Gasteiger partial charge on any atom is 0.258 e. The lowest BCUT2D eigenvalue weighted by Gasteiger charge is -2.56. The second-order valence-electron chi connectivity index (χ2n) is 10.5. The van der Waals surface area contributed by atoms with Crippen LogP contribution in [0.4, 0.5) is 0 Å². The Labute approximate surface area is 192 Å². The minimum atomic E-state index is -0.558. The number of amides is 2. The van der Waals surface area contributed by atoms with Crippen LogP contribution in [0, 0.1) is 29.1 Å². The number of fused-ring (bicyclic) bond motifs is 1. The molecule has 178 valence electrons. The minimum absolute atomic E-state index is 0.00635. The minimum Gasteiger partial charge on any atom is -0.484 e. The quantitative estimate of drug-likeness (QED) is 0.600. The van der Waals surface area contributed by atoms with Gasteiger partial charge < -0.3 is 20.5 Å². The zero-order chi connectivity index (χ0) is 23.5. The van der Waals surface area contributed by atoms with Gasteiger partial charge in [-0.15, -0.1) is 0 Å². The van der Waals surface area contributed by atoms with E-state index in [2.05, 4.69) is 24.5 Å². The van der Waals surface area contributed by atoms with E-state index in [1.165, 1.54) is 0 Å². The molecule has 3 rings (SSSR count). The summed E-state index contributed by atoms with van der Waals surface area (Å²) in [6.07, 6.45) is 3.16. The molecule has 2 aliphatic carbocycles. The lowest BCUT2D eigenvalue weighted by atomic mass is 9.51. The summed E-state index contributed by atoms with van der Waals surface area (Å²) in [6.45, 7) is 10.2. The van der Waals surface area contributed by atoms with Crippen molar-refractivity contribution in [2.24, 2.45) is 29.1 Å². The molecule has 0 bridgehead atoms. The molecule has 2 aliphatic rings. The van der Waals surface area contributed by atoms with Gasteiger partial charge in [-0.3, -0.25) is 9.59 Å². The molecule has 1 aromatic rings. The first-order valence-corrected chi connectivity index (χ1v) is 12.1. The van der Waals surface area contributed by atoms with Gasteiger partial charge in [-0.25, -0.2) is 0 Å². The van der Waals surface area contributed by atoms with Crippen molar-refractivity contribution in [3.63, 3.8) is 0 Å². The Hall–Kier alpha value is -2.08. The Balaban J connectivity index is 1.64. The van der Waals surface area contributed by atoms with E-state index in [1.807, 2.05) is 51.1 Å². The molecule has 6 nitrogen and oxygen atoms in total. The van der Waals surface area contributed by atoms with E-state index in [0.29, 0.717) is 5.75 Å². The summed E-state index contributed by atoms with van der Waals surface area (Å²) in [4.78, 5) is 25.2. The molecule has 32 heavy (non-hydrogen) atoms. The maximum atomic E-state index is 12.6. The molecular formula is C26H40N2O4. The number of aliphatic hydroxyl groups is 1. The van der Waals surface area contributed by atoms with Gasteiger partial charge in [0.25, 0.3) is 5.91 Å². The third kappa shape index (κ3) is 5.45. The summed E-state index contributed by atoms with van der Waals surface area (Å²) >= 11 is 0. The average molecular weight is 445 g/mol. The topological polar surface area (TPSA) is 87.7 Å². The fourth-order valence-electron chi connectivity index (χ4n) is 6.02. The summed E-state index contributed by atoms with van der Waals surface area (Å²) in [7, 11) is 0. The van der Waals surface area contributed by atoms with Gasteiger partial charge in [0.15, 0.2) is 6.61 Å². The van der Waals surface area contributed by atoms with Gasteiger partial charge >= 0.3 is 0 Å². The van der Waals surface area contributed by atoms with Crippen molar-refractivity contribution in [1.29, 1.82) is 0 Å². The lowest BCUT2D eigenvalue weighted by Crippen LogP contribution is -2.59. The SMILES string of the molecule is CC(C)NC(=O)C(C)C1CCC2(C)CCC(NC(=O)COc3ccccc3)C(C)C2C1O. The van der Waals surface area contributed by atoms with Crippen molar-refractivity contribution in [3.05, 3.63) is 30.3 Å². The highest BCUT2D eigenvalue weighted by molar-refractivity contribution is 5.79. The number of para-hydroxylation sites is 1. The Morgan fingerprint density at radius 2 is 1.81 bits per heavy atom. The number of nitrogens with one attached hydrogen (secondary N) is 2. The van der Waals surface area contributed by atoms with Gasteiger partial charge in [0, 0.05) is 18.0 Å². The number of carbonyl (C=O) groups is 2. The van der Waals surface area contributed by atoms with Gasteiger partial charge in [-0.2, -0.15) is 0 Å². The molecule has 2 saturated carbocycles. The van der Waals surface area contributed by atoms with Gasteiger partial charge in [0.05, 0.1) is 6.10 Å². The van der Waals surface area contributed by atoms with Gasteiger partial charge in [-0.05, 0) is 74.8 Å². The fraction of sp³-hybridized carbons (Fsp3) is 0.692. The lowest BCUT2D eigenvalue weighted by molar-refractivity contribution is -0.144. The van der Waals surface area contributed by atoms with Crippen molar-refractivity contribution in [2.75, 3.05) is 6.61 Å². The Morgan fingerprint density at radius 3 is 2.47 bits per heavy atom. The molecule has 0 aliphatic heterocycles. The molecule has 0 saturated heterocycles. The summed E-state index contributed by atoms with van der Waals surface area (Å²) in [5.74, 6) is 0.409. The molecule has 7 atom stereocenters. The van der Waals surface area contributed by atoms with Crippen LogP contribution in [-0.2, 0) is 9.59 Å². The molecule has 0 spiro atoms. The van der Waals surface area contributed by atoms with Crippen LogP contribution in [0.2, 0.25) is 0 Å². The number of rotatable bonds is 7. The van der Waals surface area contributed by atoms with E-state index in [4.69, 9.17) is 4.74 Å². The monoisotopic (exact) mass is 444 g/mol. The summed E-state index contributed by atoms with van der Waals surface area (Å²) in [5.41, 5.74) is 0.0331. The Bertz CT molecular complexity index is 783. The van der Waals surface area contributed by atoms with Crippen LogP contribution >= 0.6 is 0 Å². The number of hydrogen-bond acceptors (Lipinski definition) is 4. The van der Waals surface area contributed by atoms with Gasteiger partial charge in [-0.1, -0.05) is 39.0 Å². The zero-order valence-corrected chi connectivity index (χ0v) is 20.1. The molecule has 2 amide bonds. The van der Waals surface area contributed by atoms with Crippen molar-refractivity contribution < 1.29 is 19.4 Å². The van der Waals surface area contributed by atoms with E-state index in [1.54, 1.807) is 0 Å². The molecule has 0 aromatic heterocycles. The summed E-state index contributed by atoms with van der Waals surface area (Å²) in [5, 5.41) is 17.6.